The van der Waals surface area contributed by atoms with Gasteiger partial charge in [0.05, 0.1) is 6.04 Å². The highest BCUT2D eigenvalue weighted by atomic mass is 19.1. The number of benzene rings is 1. The van der Waals surface area contributed by atoms with Gasteiger partial charge in [0.1, 0.15) is 5.82 Å². The molecule has 1 amide bonds. The Morgan fingerprint density at radius 2 is 2.11 bits per heavy atom. The van der Waals surface area contributed by atoms with Gasteiger partial charge >= 0.3 is 0 Å². The summed E-state index contributed by atoms with van der Waals surface area (Å²) in [4.78, 5) is 14.4. The van der Waals surface area contributed by atoms with Gasteiger partial charge in [-0.1, -0.05) is 12.5 Å². The summed E-state index contributed by atoms with van der Waals surface area (Å²) in [6, 6.07) is 3.03. The van der Waals surface area contributed by atoms with Crippen molar-refractivity contribution in [2.75, 3.05) is 18.9 Å². The number of piperidine rings is 1. The molecule has 1 aromatic carbocycles. The standard InChI is InChI=1S/C15H21FN2O/c1-10-7-8-12(16)11(2)14(10)17-15(19)13-6-4-5-9-18(13)3/h7-8,13H,4-6,9H2,1-3H3,(H,17,19). The molecule has 4 heteroatoms. The zero-order chi connectivity index (χ0) is 14.0. The van der Waals surface area contributed by atoms with E-state index in [0.717, 1.165) is 31.4 Å². The van der Waals surface area contributed by atoms with Crippen LogP contribution in [0.15, 0.2) is 12.1 Å². The third-order valence-electron chi connectivity index (χ3n) is 3.93. The van der Waals surface area contributed by atoms with Crippen molar-refractivity contribution in [2.24, 2.45) is 0 Å². The first-order chi connectivity index (χ1) is 9.00. The summed E-state index contributed by atoms with van der Waals surface area (Å²) in [6.07, 6.45) is 3.08. The van der Waals surface area contributed by atoms with E-state index in [0.29, 0.717) is 11.3 Å². The Morgan fingerprint density at radius 3 is 2.79 bits per heavy atom. The summed E-state index contributed by atoms with van der Waals surface area (Å²) in [5, 5.41) is 2.90. The molecule has 0 bridgehead atoms. The molecule has 0 aromatic heterocycles. The number of halogens is 1. The SMILES string of the molecule is Cc1ccc(F)c(C)c1NC(=O)C1CCCCN1C. The smallest absolute Gasteiger partial charge is 0.241 e. The fraction of sp³-hybridized carbons (Fsp3) is 0.533. The van der Waals surface area contributed by atoms with Gasteiger partial charge in [0.15, 0.2) is 0 Å². The van der Waals surface area contributed by atoms with E-state index in [4.69, 9.17) is 0 Å². The fourth-order valence-electron chi connectivity index (χ4n) is 2.63. The van der Waals surface area contributed by atoms with E-state index in [1.54, 1.807) is 13.0 Å². The van der Waals surface area contributed by atoms with Crippen molar-refractivity contribution in [2.45, 2.75) is 39.2 Å². The first kappa shape index (κ1) is 14.0. The number of anilines is 1. The van der Waals surface area contributed by atoms with Gasteiger partial charge in [-0.3, -0.25) is 9.69 Å². The molecule has 1 aromatic rings. The molecule has 1 atom stereocenters. The van der Waals surface area contributed by atoms with E-state index in [-0.39, 0.29) is 17.8 Å². The molecule has 3 nitrogen and oxygen atoms in total. The van der Waals surface area contributed by atoms with Gasteiger partial charge in [0, 0.05) is 11.3 Å². The highest BCUT2D eigenvalue weighted by Crippen LogP contribution is 2.24. The van der Waals surface area contributed by atoms with E-state index < -0.39 is 0 Å². The van der Waals surface area contributed by atoms with Crippen LogP contribution >= 0.6 is 0 Å². The predicted molar refractivity (Wildman–Crippen MR) is 74.8 cm³/mol. The number of amides is 1. The summed E-state index contributed by atoms with van der Waals surface area (Å²) in [7, 11) is 1.97. The number of carbonyl (C=O) groups excluding carboxylic acids is 1. The highest BCUT2D eigenvalue weighted by molar-refractivity contribution is 5.96. The Balaban J connectivity index is 2.17. The molecule has 104 valence electrons. The second kappa shape index (κ2) is 5.70. The normalized spacial score (nSPS) is 20.3. The maximum Gasteiger partial charge on any atom is 0.241 e. The number of rotatable bonds is 2. The number of carbonyl (C=O) groups is 1. The fourth-order valence-corrected chi connectivity index (χ4v) is 2.63. The molecule has 1 fully saturated rings. The number of nitrogens with one attached hydrogen (secondary N) is 1. The molecule has 1 unspecified atom stereocenters. The first-order valence-corrected chi connectivity index (χ1v) is 6.77. The summed E-state index contributed by atoms with van der Waals surface area (Å²) < 4.78 is 13.6. The van der Waals surface area contributed by atoms with Crippen LogP contribution in [-0.2, 0) is 4.79 Å². The molecule has 19 heavy (non-hydrogen) atoms. The van der Waals surface area contributed by atoms with Crippen molar-refractivity contribution >= 4 is 11.6 Å². The zero-order valence-corrected chi connectivity index (χ0v) is 11.8. The second-order valence-corrected chi connectivity index (χ2v) is 5.35. The highest BCUT2D eigenvalue weighted by Gasteiger charge is 2.26. The third kappa shape index (κ3) is 2.95. The number of likely N-dealkylation sites (tertiary alicyclic amines) is 1. The van der Waals surface area contributed by atoms with Crippen molar-refractivity contribution in [3.05, 3.63) is 29.1 Å². The monoisotopic (exact) mass is 264 g/mol. The minimum Gasteiger partial charge on any atom is -0.324 e. The maximum atomic E-state index is 13.6. The van der Waals surface area contributed by atoms with Gasteiger partial charge in [-0.05, 0) is 51.9 Å². The molecule has 0 aliphatic carbocycles. The van der Waals surface area contributed by atoms with E-state index in [1.165, 1.54) is 6.07 Å². The van der Waals surface area contributed by atoms with Crippen LogP contribution in [0.1, 0.15) is 30.4 Å². The Kier molecular flexibility index (Phi) is 4.20. The molecule has 1 aliphatic rings. The van der Waals surface area contributed by atoms with Gasteiger partial charge in [0.2, 0.25) is 5.91 Å². The lowest BCUT2D eigenvalue weighted by molar-refractivity contribution is -0.121. The van der Waals surface area contributed by atoms with E-state index in [9.17, 15) is 9.18 Å². The lowest BCUT2D eigenvalue weighted by Crippen LogP contribution is -2.44. The molecule has 0 saturated carbocycles. The topological polar surface area (TPSA) is 32.3 Å². The average Bonchev–Trinajstić information content (AvgIpc) is 2.39. The third-order valence-corrected chi connectivity index (χ3v) is 3.93. The number of aryl methyl sites for hydroxylation is 1. The first-order valence-electron chi connectivity index (χ1n) is 6.77. The number of likely N-dealkylation sites (N-methyl/N-ethyl adjacent to an activating group) is 1. The molecule has 1 N–H and O–H groups in total. The average molecular weight is 264 g/mol. The quantitative estimate of drug-likeness (QED) is 0.891. The van der Waals surface area contributed by atoms with E-state index in [2.05, 4.69) is 10.2 Å². The predicted octanol–water partition coefficient (Wildman–Crippen LogP) is 2.87. The summed E-state index contributed by atoms with van der Waals surface area (Å²) in [5.41, 5.74) is 2.02. The number of hydrogen-bond donors (Lipinski definition) is 1. The van der Waals surface area contributed by atoms with Crippen LogP contribution in [0.3, 0.4) is 0 Å². The Bertz CT molecular complexity index is 487. The molecule has 1 saturated heterocycles. The molecule has 2 rings (SSSR count). The molecular formula is C15H21FN2O. The van der Waals surface area contributed by atoms with Crippen LogP contribution in [-0.4, -0.2) is 30.4 Å². The number of nitrogens with zero attached hydrogens (tertiary/aromatic N) is 1. The van der Waals surface area contributed by atoms with E-state index in [1.807, 2.05) is 14.0 Å². The number of hydrogen-bond acceptors (Lipinski definition) is 2. The maximum absolute atomic E-state index is 13.6. The Hall–Kier alpha value is -1.42. The van der Waals surface area contributed by atoms with Crippen LogP contribution in [0, 0.1) is 19.7 Å². The molecular weight excluding hydrogens is 243 g/mol. The molecule has 1 heterocycles. The lowest BCUT2D eigenvalue weighted by Gasteiger charge is -2.31. The Labute approximate surface area is 113 Å². The van der Waals surface area contributed by atoms with Gasteiger partial charge in [-0.15, -0.1) is 0 Å². The van der Waals surface area contributed by atoms with Crippen LogP contribution in [0.25, 0.3) is 0 Å². The van der Waals surface area contributed by atoms with Crippen LogP contribution in [0.2, 0.25) is 0 Å². The lowest BCUT2D eigenvalue weighted by atomic mass is 10.0. The Morgan fingerprint density at radius 1 is 1.37 bits per heavy atom. The second-order valence-electron chi connectivity index (χ2n) is 5.35. The van der Waals surface area contributed by atoms with Crippen molar-refractivity contribution < 1.29 is 9.18 Å². The van der Waals surface area contributed by atoms with Crippen LogP contribution in [0.5, 0.6) is 0 Å². The summed E-state index contributed by atoms with van der Waals surface area (Å²) >= 11 is 0. The van der Waals surface area contributed by atoms with Gasteiger partial charge in [0.25, 0.3) is 0 Å². The minimum atomic E-state index is -0.280. The van der Waals surface area contributed by atoms with Gasteiger partial charge in [-0.2, -0.15) is 0 Å². The molecule has 0 spiro atoms. The van der Waals surface area contributed by atoms with Gasteiger partial charge < -0.3 is 5.32 Å². The van der Waals surface area contributed by atoms with Gasteiger partial charge in [-0.25, -0.2) is 4.39 Å². The van der Waals surface area contributed by atoms with Crippen molar-refractivity contribution in [1.82, 2.24) is 4.90 Å². The zero-order valence-electron chi connectivity index (χ0n) is 11.8. The molecule has 0 radical (unpaired) electrons. The van der Waals surface area contributed by atoms with Crippen molar-refractivity contribution in [1.29, 1.82) is 0 Å². The molecule has 1 aliphatic heterocycles. The summed E-state index contributed by atoms with van der Waals surface area (Å²) in [5.74, 6) is -0.308. The largest absolute Gasteiger partial charge is 0.324 e. The summed E-state index contributed by atoms with van der Waals surface area (Å²) in [6.45, 7) is 4.52. The van der Waals surface area contributed by atoms with Crippen molar-refractivity contribution in [3.8, 4) is 0 Å². The van der Waals surface area contributed by atoms with E-state index >= 15 is 0 Å². The minimum absolute atomic E-state index is 0.0287. The van der Waals surface area contributed by atoms with Crippen molar-refractivity contribution in [3.63, 3.8) is 0 Å². The van der Waals surface area contributed by atoms with Crippen LogP contribution < -0.4 is 5.32 Å². The van der Waals surface area contributed by atoms with Crippen LogP contribution in [0.4, 0.5) is 10.1 Å².